The molecule has 0 radical (unpaired) electrons. The van der Waals surface area contributed by atoms with Crippen molar-refractivity contribution in [2.75, 3.05) is 10.5 Å². The van der Waals surface area contributed by atoms with Gasteiger partial charge in [-0.15, -0.1) is 0 Å². The van der Waals surface area contributed by atoms with Crippen LogP contribution in [0.25, 0.3) is 0 Å². The summed E-state index contributed by atoms with van der Waals surface area (Å²) < 4.78 is 41.4. The van der Waals surface area contributed by atoms with Gasteiger partial charge in [0.05, 0.1) is 5.69 Å². The van der Waals surface area contributed by atoms with Gasteiger partial charge >= 0.3 is 0 Å². The molecule has 7 heteroatoms. The first-order valence-corrected chi connectivity index (χ1v) is 8.33. The molecular weight excluding hydrogens is 359 g/mol. The van der Waals surface area contributed by atoms with Crippen LogP contribution in [-0.2, 0) is 10.0 Å². The molecule has 3 N–H and O–H groups in total. The Morgan fingerprint density at radius 2 is 1.86 bits per heavy atom. The molecule has 0 spiro atoms. The van der Waals surface area contributed by atoms with Crippen molar-refractivity contribution in [2.45, 2.75) is 18.7 Å². The van der Waals surface area contributed by atoms with Crippen LogP contribution in [0.3, 0.4) is 0 Å². The fourth-order valence-electron chi connectivity index (χ4n) is 1.96. The Kier molecular flexibility index (Phi) is 4.25. The van der Waals surface area contributed by atoms with E-state index in [0.717, 1.165) is 23.3 Å². The second kappa shape index (κ2) is 5.65. The molecule has 0 aliphatic heterocycles. The average molecular weight is 373 g/mol. The van der Waals surface area contributed by atoms with E-state index in [1.54, 1.807) is 13.0 Å². The molecule has 0 fully saturated rings. The third-order valence-corrected chi connectivity index (χ3v) is 4.90. The zero-order valence-electron chi connectivity index (χ0n) is 11.4. The van der Waals surface area contributed by atoms with E-state index in [4.69, 9.17) is 5.73 Å². The number of nitrogens with one attached hydrogen (secondary N) is 1. The predicted octanol–water partition coefficient (Wildman–Crippen LogP) is 3.59. The maximum absolute atomic E-state index is 13.7. The Morgan fingerprint density at radius 3 is 2.48 bits per heavy atom. The van der Waals surface area contributed by atoms with Crippen molar-refractivity contribution in [3.8, 4) is 0 Å². The van der Waals surface area contributed by atoms with Crippen molar-refractivity contribution >= 4 is 37.3 Å². The van der Waals surface area contributed by atoms with Crippen molar-refractivity contribution in [1.82, 2.24) is 0 Å². The lowest BCUT2D eigenvalue weighted by Crippen LogP contribution is -2.16. The molecular formula is C14H14BrFN2O2S. The van der Waals surface area contributed by atoms with Gasteiger partial charge in [0.1, 0.15) is 10.7 Å². The summed E-state index contributed by atoms with van der Waals surface area (Å²) in [5.74, 6) is -0.849. The predicted molar refractivity (Wildman–Crippen MR) is 85.2 cm³/mol. The number of hydrogen-bond donors (Lipinski definition) is 2. The first kappa shape index (κ1) is 15.8. The number of nitrogens with two attached hydrogens (primary N) is 1. The van der Waals surface area contributed by atoms with Crippen LogP contribution in [-0.4, -0.2) is 8.42 Å². The first-order valence-electron chi connectivity index (χ1n) is 6.05. The smallest absolute Gasteiger partial charge is 0.264 e. The molecule has 2 rings (SSSR count). The highest BCUT2D eigenvalue weighted by Crippen LogP contribution is 2.30. The summed E-state index contributed by atoms with van der Waals surface area (Å²) in [5, 5.41) is 0. The van der Waals surface area contributed by atoms with Crippen LogP contribution >= 0.6 is 15.9 Å². The normalized spacial score (nSPS) is 11.4. The Bertz CT molecular complexity index is 784. The van der Waals surface area contributed by atoms with E-state index in [9.17, 15) is 12.8 Å². The first-order chi connectivity index (χ1) is 9.70. The fraction of sp³-hybridized carbons (Fsp3) is 0.143. The number of hydrogen-bond acceptors (Lipinski definition) is 3. The summed E-state index contributed by atoms with van der Waals surface area (Å²) in [6, 6.07) is 7.04. The van der Waals surface area contributed by atoms with E-state index in [0.29, 0.717) is 10.2 Å². The zero-order chi connectivity index (χ0) is 15.8. The van der Waals surface area contributed by atoms with Gasteiger partial charge in [-0.2, -0.15) is 0 Å². The van der Waals surface area contributed by atoms with Gasteiger partial charge in [0.25, 0.3) is 10.0 Å². The number of anilines is 2. The van der Waals surface area contributed by atoms with E-state index in [1.165, 1.54) is 6.07 Å². The Hall–Kier alpha value is -1.60. The number of nitrogen functional groups attached to an aromatic ring is 1. The van der Waals surface area contributed by atoms with Crippen molar-refractivity contribution in [2.24, 2.45) is 0 Å². The van der Waals surface area contributed by atoms with Crippen LogP contribution < -0.4 is 10.5 Å². The van der Waals surface area contributed by atoms with Gasteiger partial charge in [-0.05, 0) is 65.2 Å². The minimum Gasteiger partial charge on any atom is -0.399 e. The molecule has 2 aromatic carbocycles. The molecule has 0 aromatic heterocycles. The molecule has 0 atom stereocenters. The molecule has 0 unspecified atom stereocenters. The van der Waals surface area contributed by atoms with Gasteiger partial charge in [0, 0.05) is 10.2 Å². The topological polar surface area (TPSA) is 72.2 Å². The molecule has 0 aliphatic rings. The van der Waals surface area contributed by atoms with Gasteiger partial charge in [-0.3, -0.25) is 4.72 Å². The number of aryl methyl sites for hydroxylation is 2. The lowest BCUT2D eigenvalue weighted by molar-refractivity contribution is 0.570. The van der Waals surface area contributed by atoms with Crippen LogP contribution in [0.2, 0.25) is 0 Å². The SMILES string of the molecule is Cc1cc(C)c(NS(=O)(=O)c2cc(N)ccc2F)c(Br)c1. The van der Waals surface area contributed by atoms with E-state index in [2.05, 4.69) is 20.7 Å². The second-order valence-corrected chi connectivity index (χ2v) is 7.24. The van der Waals surface area contributed by atoms with E-state index in [1.807, 2.05) is 13.0 Å². The minimum atomic E-state index is -4.06. The largest absolute Gasteiger partial charge is 0.399 e. The minimum absolute atomic E-state index is 0.177. The van der Waals surface area contributed by atoms with E-state index < -0.39 is 20.7 Å². The zero-order valence-corrected chi connectivity index (χ0v) is 13.8. The van der Waals surface area contributed by atoms with Crippen LogP contribution in [0, 0.1) is 19.7 Å². The van der Waals surface area contributed by atoms with E-state index in [-0.39, 0.29) is 5.69 Å². The summed E-state index contributed by atoms with van der Waals surface area (Å²) in [5.41, 5.74) is 7.80. The second-order valence-electron chi connectivity index (χ2n) is 4.73. The van der Waals surface area contributed by atoms with Crippen LogP contribution in [0.15, 0.2) is 39.7 Å². The lowest BCUT2D eigenvalue weighted by Gasteiger charge is -2.14. The average Bonchev–Trinajstić information content (AvgIpc) is 2.36. The summed E-state index contributed by atoms with van der Waals surface area (Å²) in [4.78, 5) is -0.477. The number of benzene rings is 2. The highest BCUT2D eigenvalue weighted by atomic mass is 79.9. The molecule has 112 valence electrons. The molecule has 0 saturated carbocycles. The summed E-state index contributed by atoms with van der Waals surface area (Å²) in [6.07, 6.45) is 0. The van der Waals surface area contributed by atoms with Crippen LogP contribution in [0.4, 0.5) is 15.8 Å². The number of halogens is 2. The molecule has 2 aromatic rings. The molecule has 0 aliphatic carbocycles. The van der Waals surface area contributed by atoms with Crippen molar-refractivity contribution < 1.29 is 12.8 Å². The molecule has 0 saturated heterocycles. The third kappa shape index (κ3) is 3.36. The fourth-order valence-corrected chi connectivity index (χ4v) is 4.13. The standard InChI is InChI=1S/C14H14BrFN2O2S/c1-8-5-9(2)14(11(15)6-8)18-21(19,20)13-7-10(17)3-4-12(13)16/h3-7,18H,17H2,1-2H3. The molecule has 0 heterocycles. The van der Waals surface area contributed by atoms with Gasteiger partial charge in [0.15, 0.2) is 0 Å². The maximum atomic E-state index is 13.7. The monoisotopic (exact) mass is 372 g/mol. The van der Waals surface area contributed by atoms with Gasteiger partial charge in [-0.1, -0.05) is 6.07 Å². The number of rotatable bonds is 3. The molecule has 0 amide bonds. The van der Waals surface area contributed by atoms with Crippen molar-refractivity contribution in [1.29, 1.82) is 0 Å². The third-order valence-electron chi connectivity index (χ3n) is 2.91. The van der Waals surface area contributed by atoms with Gasteiger partial charge in [-0.25, -0.2) is 12.8 Å². The molecule has 0 bridgehead atoms. The summed E-state index contributed by atoms with van der Waals surface area (Å²) in [7, 11) is -4.06. The van der Waals surface area contributed by atoms with Crippen LogP contribution in [0.1, 0.15) is 11.1 Å². The molecule has 21 heavy (non-hydrogen) atoms. The van der Waals surface area contributed by atoms with Gasteiger partial charge in [0.2, 0.25) is 0 Å². The van der Waals surface area contributed by atoms with Crippen molar-refractivity contribution in [3.05, 3.63) is 51.7 Å². The van der Waals surface area contributed by atoms with Gasteiger partial charge < -0.3 is 5.73 Å². The Balaban J connectivity index is 2.50. The summed E-state index contributed by atoms with van der Waals surface area (Å²) >= 11 is 3.31. The highest BCUT2D eigenvalue weighted by molar-refractivity contribution is 9.10. The Labute approximate surface area is 131 Å². The van der Waals surface area contributed by atoms with Crippen molar-refractivity contribution in [3.63, 3.8) is 0 Å². The quantitative estimate of drug-likeness (QED) is 0.808. The summed E-state index contributed by atoms with van der Waals surface area (Å²) in [6.45, 7) is 3.67. The van der Waals surface area contributed by atoms with E-state index >= 15 is 0 Å². The Morgan fingerprint density at radius 1 is 1.19 bits per heavy atom. The molecule has 4 nitrogen and oxygen atoms in total. The highest BCUT2D eigenvalue weighted by Gasteiger charge is 2.21. The van der Waals surface area contributed by atoms with Crippen LogP contribution in [0.5, 0.6) is 0 Å². The lowest BCUT2D eigenvalue weighted by atomic mass is 10.1. The maximum Gasteiger partial charge on any atom is 0.264 e. The number of sulfonamides is 1.